The van der Waals surface area contributed by atoms with E-state index in [1.54, 1.807) is 0 Å². The van der Waals surface area contributed by atoms with Crippen LogP contribution in [-0.4, -0.2) is 4.57 Å². The number of nitrogens with zero attached hydrogens (tertiary/aromatic N) is 1. The van der Waals surface area contributed by atoms with Crippen molar-refractivity contribution in [3.63, 3.8) is 0 Å². The van der Waals surface area contributed by atoms with Crippen LogP contribution in [0.5, 0.6) is 0 Å². The van der Waals surface area contributed by atoms with Crippen LogP contribution in [0.1, 0.15) is 33.4 Å². The highest BCUT2D eigenvalue weighted by molar-refractivity contribution is 6.15. The lowest BCUT2D eigenvalue weighted by Crippen LogP contribution is -2.58. The summed E-state index contributed by atoms with van der Waals surface area (Å²) in [4.78, 5) is 0. The highest BCUT2D eigenvalue weighted by Gasteiger charge is 2.67. The Hall–Kier alpha value is -8.98. The zero-order chi connectivity index (χ0) is 45.7. The standard InChI is InChI=1S/C68H41NO/c1-2-18-42(19-3-1)43-36-38-61-53(40-43)54-41-44(45-26-16-27-51-50-24-9-15-35-64(50)70-66(45)51)37-39-62(54)69(61)63-34-17-33-60-65(63)52-25-8-14-32-59(52)67-55-28-10-4-20-46(55)48-22-6-12-30-57(48)68(60,67)58-31-13-7-23-49(58)47-21-5-11-29-56(47)67/h1-41H. The largest absolute Gasteiger partial charge is 0.455 e. The summed E-state index contributed by atoms with van der Waals surface area (Å²) < 4.78 is 9.22. The van der Waals surface area contributed by atoms with Crippen LogP contribution in [0.4, 0.5) is 0 Å². The molecule has 3 aliphatic rings. The van der Waals surface area contributed by atoms with Crippen molar-refractivity contribution in [2.45, 2.75) is 10.8 Å². The molecule has 0 saturated carbocycles. The van der Waals surface area contributed by atoms with Crippen LogP contribution in [0, 0.1) is 0 Å². The first-order valence-corrected chi connectivity index (χ1v) is 24.4. The molecule has 2 nitrogen and oxygen atoms in total. The van der Waals surface area contributed by atoms with Gasteiger partial charge in [-0.05, 0) is 114 Å². The van der Waals surface area contributed by atoms with E-state index < -0.39 is 10.8 Å². The molecule has 0 atom stereocenters. The lowest BCUT2D eigenvalue weighted by molar-refractivity contribution is 0.405. The van der Waals surface area contributed by atoms with Gasteiger partial charge in [0.05, 0.1) is 27.6 Å². The molecule has 3 aliphatic carbocycles. The van der Waals surface area contributed by atoms with Gasteiger partial charge in [0.2, 0.25) is 0 Å². The lowest BCUT2D eigenvalue weighted by atomic mass is 9.38. The summed E-state index contributed by atoms with van der Waals surface area (Å²) in [6, 6.07) is 93.4. The molecule has 70 heavy (non-hydrogen) atoms. The Morgan fingerprint density at radius 1 is 0.286 bits per heavy atom. The summed E-state index contributed by atoms with van der Waals surface area (Å²) in [6.07, 6.45) is 0. The summed E-state index contributed by atoms with van der Waals surface area (Å²) in [5.74, 6) is 0. The predicted octanol–water partition coefficient (Wildman–Crippen LogP) is 17.3. The van der Waals surface area contributed by atoms with E-state index in [-0.39, 0.29) is 0 Å². The Morgan fingerprint density at radius 3 is 1.36 bits per heavy atom. The molecular formula is C68H41NO. The number of hydrogen-bond acceptors (Lipinski definition) is 1. The quantitative estimate of drug-likeness (QED) is 0.173. The topological polar surface area (TPSA) is 18.1 Å². The third-order valence-corrected chi connectivity index (χ3v) is 16.3. The highest BCUT2D eigenvalue weighted by Crippen LogP contribution is 2.73. The van der Waals surface area contributed by atoms with Gasteiger partial charge in [0.15, 0.2) is 0 Å². The van der Waals surface area contributed by atoms with Crippen molar-refractivity contribution in [2.75, 3.05) is 0 Å². The second-order valence-corrected chi connectivity index (χ2v) is 19.4. The van der Waals surface area contributed by atoms with Gasteiger partial charge in [0, 0.05) is 32.7 Å². The Balaban J connectivity index is 1.05. The molecule has 2 heteroatoms. The first kappa shape index (κ1) is 38.0. The van der Waals surface area contributed by atoms with Gasteiger partial charge in [-0.1, -0.05) is 212 Å². The van der Waals surface area contributed by atoms with Gasteiger partial charge in [-0.15, -0.1) is 0 Å². The zero-order valence-corrected chi connectivity index (χ0v) is 38.0. The van der Waals surface area contributed by atoms with E-state index in [0.717, 1.165) is 44.1 Å². The number of benzene rings is 11. The van der Waals surface area contributed by atoms with Gasteiger partial charge in [-0.25, -0.2) is 0 Å². The lowest BCUT2D eigenvalue weighted by Gasteiger charge is -2.62. The number of hydrogen-bond donors (Lipinski definition) is 0. The monoisotopic (exact) mass is 887 g/mol. The van der Waals surface area contributed by atoms with Crippen LogP contribution >= 0.6 is 0 Å². The Labute approximate surface area is 405 Å². The van der Waals surface area contributed by atoms with Gasteiger partial charge in [0.1, 0.15) is 11.2 Å². The molecule has 0 saturated heterocycles. The minimum absolute atomic E-state index is 0.608. The Kier molecular flexibility index (Phi) is 7.51. The molecule has 0 unspecified atom stereocenters. The van der Waals surface area contributed by atoms with Crippen LogP contribution in [0.2, 0.25) is 0 Å². The fraction of sp³-hybridized carbons (Fsp3) is 0.0294. The molecule has 13 aromatic rings. The third kappa shape index (κ3) is 4.59. The van der Waals surface area contributed by atoms with E-state index in [2.05, 4.69) is 247 Å². The minimum atomic E-state index is -0.653. The van der Waals surface area contributed by atoms with Gasteiger partial charge in [0.25, 0.3) is 0 Å². The normalized spacial score (nSPS) is 17.0. The van der Waals surface area contributed by atoms with Gasteiger partial charge < -0.3 is 8.98 Å². The molecule has 324 valence electrons. The number of furan rings is 1. The molecule has 0 amide bonds. The maximum atomic E-state index is 6.66. The predicted molar refractivity (Wildman–Crippen MR) is 288 cm³/mol. The van der Waals surface area contributed by atoms with Crippen molar-refractivity contribution in [1.29, 1.82) is 0 Å². The number of rotatable bonds is 3. The zero-order valence-electron chi connectivity index (χ0n) is 38.0. The fourth-order valence-electron chi connectivity index (χ4n) is 13.8. The Morgan fingerprint density at radius 2 is 0.729 bits per heavy atom. The summed E-state index contributed by atoms with van der Waals surface area (Å²) in [6.45, 7) is 0. The summed E-state index contributed by atoms with van der Waals surface area (Å²) >= 11 is 0. The van der Waals surface area contributed by atoms with E-state index in [4.69, 9.17) is 4.42 Å². The minimum Gasteiger partial charge on any atom is -0.455 e. The average molecular weight is 888 g/mol. The third-order valence-electron chi connectivity index (χ3n) is 16.3. The number of aromatic nitrogens is 1. The maximum absolute atomic E-state index is 6.66. The second kappa shape index (κ2) is 13.8. The highest BCUT2D eigenvalue weighted by atomic mass is 16.3. The molecule has 11 aromatic carbocycles. The number of fused-ring (bicyclic) bond motifs is 15. The van der Waals surface area contributed by atoms with E-state index in [9.17, 15) is 0 Å². The molecule has 0 spiro atoms. The van der Waals surface area contributed by atoms with Crippen molar-refractivity contribution >= 4 is 43.7 Å². The Bertz CT molecular complexity index is 4280. The van der Waals surface area contributed by atoms with Crippen molar-refractivity contribution in [2.24, 2.45) is 0 Å². The molecule has 0 N–H and O–H groups in total. The van der Waals surface area contributed by atoms with Gasteiger partial charge in [-0.2, -0.15) is 0 Å². The van der Waals surface area contributed by atoms with E-state index in [1.165, 1.54) is 94.3 Å². The molecule has 0 fully saturated rings. The van der Waals surface area contributed by atoms with Crippen molar-refractivity contribution in [1.82, 2.24) is 4.57 Å². The molecule has 16 rings (SSSR count). The summed E-state index contributed by atoms with van der Waals surface area (Å²) in [5, 5.41) is 4.67. The van der Waals surface area contributed by atoms with E-state index in [1.807, 2.05) is 6.07 Å². The van der Waals surface area contributed by atoms with Crippen LogP contribution in [0.25, 0.3) is 105 Å². The molecule has 0 radical (unpaired) electrons. The van der Waals surface area contributed by atoms with Gasteiger partial charge >= 0.3 is 0 Å². The first-order valence-electron chi connectivity index (χ1n) is 24.4. The van der Waals surface area contributed by atoms with Crippen LogP contribution in [-0.2, 0) is 10.8 Å². The number of para-hydroxylation sites is 2. The van der Waals surface area contributed by atoms with E-state index in [0.29, 0.717) is 0 Å². The van der Waals surface area contributed by atoms with Crippen LogP contribution < -0.4 is 0 Å². The second-order valence-electron chi connectivity index (χ2n) is 19.4. The van der Waals surface area contributed by atoms with Crippen LogP contribution in [0.15, 0.2) is 253 Å². The molecule has 2 heterocycles. The molecule has 2 aromatic heterocycles. The maximum Gasteiger partial charge on any atom is 0.143 e. The average Bonchev–Trinajstić information content (AvgIpc) is 3.99. The summed E-state index contributed by atoms with van der Waals surface area (Å²) in [5.41, 5.74) is 24.3. The molecular weight excluding hydrogens is 847 g/mol. The fourth-order valence-corrected chi connectivity index (χ4v) is 13.8. The van der Waals surface area contributed by atoms with E-state index >= 15 is 0 Å². The van der Waals surface area contributed by atoms with Crippen LogP contribution in [0.3, 0.4) is 0 Å². The SMILES string of the molecule is c1ccc(-c2ccc3c(c2)c2cc(-c4cccc5c4oc4ccccc45)ccc2n3-c2cccc3c2-c2ccccc2C24c5ccccc5-c5ccccc5C32c2ccccc2-c2ccccc24)cc1. The molecule has 0 aliphatic heterocycles. The van der Waals surface area contributed by atoms with Crippen molar-refractivity contribution in [3.8, 4) is 61.3 Å². The van der Waals surface area contributed by atoms with Gasteiger partial charge in [-0.3, -0.25) is 0 Å². The smallest absolute Gasteiger partial charge is 0.143 e. The van der Waals surface area contributed by atoms with Crippen molar-refractivity contribution < 1.29 is 4.42 Å². The summed E-state index contributed by atoms with van der Waals surface area (Å²) in [7, 11) is 0. The molecule has 0 bridgehead atoms. The first-order chi connectivity index (χ1) is 34.7. The van der Waals surface area contributed by atoms with Crippen molar-refractivity contribution in [3.05, 3.63) is 282 Å².